The summed E-state index contributed by atoms with van der Waals surface area (Å²) in [5.41, 5.74) is 3.89. The van der Waals surface area contributed by atoms with E-state index in [1.807, 2.05) is 0 Å². The zero-order valence-electron chi connectivity index (χ0n) is 13.7. The molecule has 13 heteroatoms. The fraction of sp³-hybridized carbons (Fsp3) is 0.357. The van der Waals surface area contributed by atoms with Gasteiger partial charge in [-0.1, -0.05) is 4.98 Å². The van der Waals surface area contributed by atoms with E-state index in [1.54, 1.807) is 0 Å². The first-order valence-corrected chi connectivity index (χ1v) is 7.91. The second-order valence-electron chi connectivity index (χ2n) is 5.91. The third-order valence-corrected chi connectivity index (χ3v) is 4.24. The Bertz CT molecular complexity index is 911. The van der Waals surface area contributed by atoms with Crippen LogP contribution in [0.3, 0.4) is 0 Å². The number of hydrogen-bond acceptors (Lipinski definition) is 10. The average Bonchev–Trinajstić information content (AvgIpc) is 3.30. The highest BCUT2D eigenvalue weighted by Gasteiger charge is 2.44. The Kier molecular flexibility index (Phi) is 4.21. The van der Waals surface area contributed by atoms with Gasteiger partial charge in [0.05, 0.1) is 22.9 Å². The van der Waals surface area contributed by atoms with E-state index < -0.39 is 22.1 Å². The number of ether oxygens (including phenoxy) is 2. The zero-order valence-corrected chi connectivity index (χ0v) is 13.7. The van der Waals surface area contributed by atoms with Crippen LogP contribution in [0.1, 0.15) is 12.5 Å². The van der Waals surface area contributed by atoms with E-state index in [2.05, 4.69) is 20.6 Å². The summed E-state index contributed by atoms with van der Waals surface area (Å²) in [5.74, 6) is -0.487. The van der Waals surface area contributed by atoms with Crippen LogP contribution in [0.5, 0.6) is 0 Å². The van der Waals surface area contributed by atoms with Gasteiger partial charge in [0.2, 0.25) is 6.33 Å². The molecule has 13 nitrogen and oxygen atoms in total. The van der Waals surface area contributed by atoms with E-state index >= 15 is 0 Å². The molecule has 2 saturated heterocycles. The summed E-state index contributed by atoms with van der Waals surface area (Å²) in [6.07, 6.45) is 0.757. The maximum Gasteiger partial charge on any atom is 0.490 e. The van der Waals surface area contributed by atoms with Crippen molar-refractivity contribution in [2.45, 2.75) is 24.9 Å². The van der Waals surface area contributed by atoms with Gasteiger partial charge >= 0.3 is 5.95 Å². The highest BCUT2D eigenvalue weighted by molar-refractivity contribution is 5.89. The normalized spacial score (nSPS) is 25.5. The Morgan fingerprint density at radius 3 is 2.67 bits per heavy atom. The molecule has 0 spiro atoms. The first-order chi connectivity index (χ1) is 13.0. The van der Waals surface area contributed by atoms with Crippen LogP contribution in [-0.2, 0) is 9.47 Å². The van der Waals surface area contributed by atoms with Gasteiger partial charge in [-0.25, -0.2) is 0 Å². The topological polar surface area (TPSA) is 160 Å². The minimum absolute atomic E-state index is 0.0241. The summed E-state index contributed by atoms with van der Waals surface area (Å²) in [6, 6.07) is 5.44. The molecule has 3 atom stereocenters. The van der Waals surface area contributed by atoms with Crippen molar-refractivity contribution in [1.82, 2.24) is 14.8 Å². The molecule has 2 aromatic rings. The van der Waals surface area contributed by atoms with Crippen molar-refractivity contribution >= 4 is 23.0 Å². The predicted octanol–water partition coefficient (Wildman–Crippen LogP) is 1.25. The molecule has 1 N–H and O–H groups in total. The first kappa shape index (κ1) is 17.0. The molecule has 0 aliphatic carbocycles. The average molecular weight is 375 g/mol. The number of rotatable bonds is 5. The largest absolute Gasteiger partial charge is 0.490 e. The number of hydrogen-bond donors (Lipinski definition) is 1. The Morgan fingerprint density at radius 1 is 1.22 bits per heavy atom. The molecule has 0 amide bonds. The second-order valence-corrected chi connectivity index (χ2v) is 5.91. The van der Waals surface area contributed by atoms with Crippen LogP contribution in [-0.4, -0.2) is 49.3 Å². The molecule has 27 heavy (non-hydrogen) atoms. The monoisotopic (exact) mass is 375 g/mol. The Hall–Kier alpha value is -3.45. The van der Waals surface area contributed by atoms with Gasteiger partial charge in [0.15, 0.2) is 6.29 Å². The van der Waals surface area contributed by atoms with E-state index in [0.717, 1.165) is 0 Å². The molecular formula is C14H13N7O6. The third kappa shape index (κ3) is 3.32. The maximum atomic E-state index is 10.8. The van der Waals surface area contributed by atoms with Gasteiger partial charge in [-0.3, -0.25) is 15.5 Å². The fourth-order valence-corrected chi connectivity index (χ4v) is 2.90. The number of nitrogens with one attached hydrogen (secondary N) is 1. The van der Waals surface area contributed by atoms with Gasteiger partial charge < -0.3 is 19.6 Å². The molecule has 0 saturated carbocycles. The van der Waals surface area contributed by atoms with Crippen molar-refractivity contribution in [2.24, 2.45) is 5.10 Å². The Balaban J connectivity index is 1.51. The van der Waals surface area contributed by atoms with Gasteiger partial charge in [0, 0.05) is 23.7 Å². The molecule has 140 valence electrons. The van der Waals surface area contributed by atoms with Crippen molar-refractivity contribution in [3.8, 4) is 0 Å². The SMILES string of the molecule is O=[N+]([O-])c1ccc(N/N=C2/CC(n3cnc([N+](=O)[O-])n3)C3COC2O3)cc1. The number of anilines is 1. The number of fused-ring (bicyclic) bond motifs is 2. The summed E-state index contributed by atoms with van der Waals surface area (Å²) in [5, 5.41) is 29.6. The van der Waals surface area contributed by atoms with Crippen molar-refractivity contribution in [1.29, 1.82) is 0 Å². The van der Waals surface area contributed by atoms with E-state index in [-0.39, 0.29) is 17.8 Å². The van der Waals surface area contributed by atoms with Crippen LogP contribution in [0.2, 0.25) is 0 Å². The van der Waals surface area contributed by atoms with E-state index in [9.17, 15) is 20.2 Å². The van der Waals surface area contributed by atoms with Gasteiger partial charge in [-0.2, -0.15) is 9.78 Å². The van der Waals surface area contributed by atoms with Crippen molar-refractivity contribution in [3.63, 3.8) is 0 Å². The number of benzene rings is 1. The Labute approximate surface area is 150 Å². The van der Waals surface area contributed by atoms with E-state index in [4.69, 9.17) is 9.47 Å². The van der Waals surface area contributed by atoms with Crippen LogP contribution in [0, 0.1) is 20.2 Å². The van der Waals surface area contributed by atoms with Gasteiger partial charge in [0.25, 0.3) is 5.69 Å². The van der Waals surface area contributed by atoms with Gasteiger partial charge in [-0.05, 0) is 17.1 Å². The van der Waals surface area contributed by atoms with Gasteiger partial charge in [-0.15, -0.1) is 0 Å². The molecule has 1 aromatic carbocycles. The molecule has 2 fully saturated rings. The molecule has 0 radical (unpaired) electrons. The highest BCUT2D eigenvalue weighted by Crippen LogP contribution is 2.33. The fourth-order valence-electron chi connectivity index (χ4n) is 2.90. The van der Waals surface area contributed by atoms with Crippen LogP contribution < -0.4 is 5.43 Å². The zero-order chi connectivity index (χ0) is 19.0. The summed E-state index contributed by atoms with van der Waals surface area (Å²) >= 11 is 0. The lowest BCUT2D eigenvalue weighted by atomic mass is 10.0. The molecule has 3 heterocycles. The first-order valence-electron chi connectivity index (χ1n) is 7.91. The van der Waals surface area contributed by atoms with Crippen LogP contribution in [0.25, 0.3) is 0 Å². The van der Waals surface area contributed by atoms with Crippen LogP contribution in [0.4, 0.5) is 17.3 Å². The molecule has 3 unspecified atom stereocenters. The quantitative estimate of drug-likeness (QED) is 0.599. The van der Waals surface area contributed by atoms with Crippen molar-refractivity contribution in [3.05, 3.63) is 50.8 Å². The predicted molar refractivity (Wildman–Crippen MR) is 89.1 cm³/mol. The molecule has 4 rings (SSSR count). The number of aromatic nitrogens is 3. The van der Waals surface area contributed by atoms with Crippen molar-refractivity contribution < 1.29 is 19.3 Å². The maximum absolute atomic E-state index is 10.8. The summed E-state index contributed by atoms with van der Waals surface area (Å²) in [6.45, 7) is 0.305. The minimum atomic E-state index is -0.667. The third-order valence-electron chi connectivity index (χ3n) is 4.24. The standard InChI is InChI=1S/C14H13N7O6/c22-20(23)9-3-1-8(2-4-9)16-17-10-5-11(12-6-26-13(10)27-12)19-7-15-14(18-19)21(24)25/h1-4,7,11-13,16H,5-6H2/b17-10-. The number of non-ortho nitro benzene ring substituents is 1. The van der Waals surface area contributed by atoms with E-state index in [0.29, 0.717) is 24.4 Å². The highest BCUT2D eigenvalue weighted by atomic mass is 16.7. The lowest BCUT2D eigenvalue weighted by Gasteiger charge is -2.26. The van der Waals surface area contributed by atoms with Gasteiger partial charge in [0.1, 0.15) is 12.1 Å². The number of hydrazone groups is 1. The van der Waals surface area contributed by atoms with E-state index in [1.165, 1.54) is 35.3 Å². The summed E-state index contributed by atoms with van der Waals surface area (Å²) in [7, 11) is 0. The lowest BCUT2D eigenvalue weighted by molar-refractivity contribution is -0.394. The molecular weight excluding hydrogens is 362 g/mol. The summed E-state index contributed by atoms with van der Waals surface area (Å²) in [4.78, 5) is 24.0. The smallest absolute Gasteiger partial charge is 0.390 e. The number of nitro benzene ring substituents is 1. The summed E-state index contributed by atoms with van der Waals surface area (Å²) < 4.78 is 12.7. The minimum Gasteiger partial charge on any atom is -0.390 e. The molecule has 2 bridgehead atoms. The molecule has 2 aliphatic rings. The molecule has 2 aliphatic heterocycles. The van der Waals surface area contributed by atoms with Crippen molar-refractivity contribution in [2.75, 3.05) is 12.0 Å². The number of nitro groups is 2. The number of nitrogens with zero attached hydrogens (tertiary/aromatic N) is 6. The second kappa shape index (κ2) is 6.69. The van der Waals surface area contributed by atoms with Crippen LogP contribution >= 0.6 is 0 Å². The van der Waals surface area contributed by atoms with Crippen LogP contribution in [0.15, 0.2) is 35.7 Å². The molecule has 1 aromatic heterocycles. The lowest BCUT2D eigenvalue weighted by Crippen LogP contribution is -2.37. The Morgan fingerprint density at radius 2 is 2.00 bits per heavy atom.